The van der Waals surface area contributed by atoms with E-state index < -0.39 is 18.3 Å². The lowest BCUT2D eigenvalue weighted by Crippen LogP contribution is -2.38. The first-order valence-electron chi connectivity index (χ1n) is 17.1. The second kappa shape index (κ2) is 27.7. The zero-order valence-corrected chi connectivity index (χ0v) is 27.8. The van der Waals surface area contributed by atoms with Gasteiger partial charge in [-0.05, 0) is 19.4 Å². The molecule has 10 heteroatoms. The van der Waals surface area contributed by atoms with Crippen molar-refractivity contribution in [3.05, 3.63) is 30.1 Å². The van der Waals surface area contributed by atoms with Crippen molar-refractivity contribution in [2.24, 2.45) is 0 Å². The maximum absolute atomic E-state index is 12.2. The molecule has 3 N–H and O–H groups in total. The van der Waals surface area contributed by atoms with Crippen molar-refractivity contribution in [2.45, 2.75) is 129 Å². The van der Waals surface area contributed by atoms with E-state index >= 15 is 0 Å². The summed E-state index contributed by atoms with van der Waals surface area (Å²) in [7, 11) is 1.46. The van der Waals surface area contributed by atoms with Gasteiger partial charge in [-0.1, -0.05) is 103 Å². The molecule has 1 aromatic rings. The van der Waals surface area contributed by atoms with Gasteiger partial charge in [0.15, 0.2) is 12.4 Å². The molecule has 0 aliphatic rings. The van der Waals surface area contributed by atoms with Gasteiger partial charge < -0.3 is 30.2 Å². The van der Waals surface area contributed by atoms with E-state index in [0.717, 1.165) is 19.4 Å². The highest BCUT2D eigenvalue weighted by Gasteiger charge is 2.14. The van der Waals surface area contributed by atoms with Crippen molar-refractivity contribution in [1.29, 1.82) is 0 Å². The number of aryl methyl sites for hydroxylation is 1. The summed E-state index contributed by atoms with van der Waals surface area (Å²) in [4.78, 5) is 36.2. The van der Waals surface area contributed by atoms with Crippen LogP contribution < -0.4 is 20.5 Å². The molecule has 0 saturated carbocycles. The second-order valence-corrected chi connectivity index (χ2v) is 11.4. The fourth-order valence-electron chi connectivity index (χ4n) is 4.78. The van der Waals surface area contributed by atoms with Crippen LogP contribution in [-0.4, -0.2) is 64.2 Å². The topological polar surface area (TPSA) is 119 Å². The lowest BCUT2D eigenvalue weighted by molar-refractivity contribution is -0.693. The van der Waals surface area contributed by atoms with E-state index in [9.17, 15) is 14.4 Å². The quantitative estimate of drug-likeness (QED) is 0.0767. The number of hydrogen-bond acceptors (Lipinski definition) is 6. The number of carbonyl (C=O) groups excluding carboxylic acids is 3. The highest BCUT2D eigenvalue weighted by atomic mass is 16.6. The van der Waals surface area contributed by atoms with E-state index in [1.807, 2.05) is 23.8 Å². The van der Waals surface area contributed by atoms with Gasteiger partial charge in [-0.3, -0.25) is 4.79 Å². The average Bonchev–Trinajstić information content (AvgIpc) is 3.04. The van der Waals surface area contributed by atoms with E-state index in [4.69, 9.17) is 14.2 Å². The molecule has 0 fully saturated rings. The van der Waals surface area contributed by atoms with Gasteiger partial charge in [-0.15, -0.1) is 0 Å². The van der Waals surface area contributed by atoms with E-state index in [0.29, 0.717) is 12.1 Å². The SMILES string of the molecule is CCCCCCCCCCCCCCCCCCNC(=O)OCC(COC(=O)NCCNC(=O)c1ccc[n+](CC)c1)OC. The molecule has 1 unspecified atom stereocenters. The minimum Gasteiger partial charge on any atom is -0.447 e. The minimum atomic E-state index is -0.641. The Morgan fingerprint density at radius 1 is 0.682 bits per heavy atom. The Bertz CT molecular complexity index is 885. The monoisotopic (exact) mass is 621 g/mol. The van der Waals surface area contributed by atoms with Crippen LogP contribution in [0.2, 0.25) is 0 Å². The summed E-state index contributed by atoms with van der Waals surface area (Å²) in [6.45, 7) is 5.98. The van der Waals surface area contributed by atoms with Crippen molar-refractivity contribution in [3.8, 4) is 0 Å². The molecule has 1 rings (SSSR count). The summed E-state index contributed by atoms with van der Waals surface area (Å²) in [5, 5.41) is 8.09. The molecular formula is C34H61N4O6+. The number of nitrogens with one attached hydrogen (secondary N) is 3. The van der Waals surface area contributed by atoms with Crippen molar-refractivity contribution in [2.75, 3.05) is 40.0 Å². The van der Waals surface area contributed by atoms with Crippen LogP contribution in [0.15, 0.2) is 24.5 Å². The summed E-state index contributed by atoms with van der Waals surface area (Å²) in [6.07, 6.45) is 22.9. The third kappa shape index (κ3) is 21.8. The summed E-state index contributed by atoms with van der Waals surface area (Å²) in [5.74, 6) is -0.215. The zero-order chi connectivity index (χ0) is 32.1. The number of hydrogen-bond donors (Lipinski definition) is 3. The third-order valence-corrected chi connectivity index (χ3v) is 7.60. The fraction of sp³-hybridized carbons (Fsp3) is 0.765. The number of nitrogens with zero attached hydrogens (tertiary/aromatic N) is 1. The van der Waals surface area contributed by atoms with Crippen LogP contribution >= 0.6 is 0 Å². The Kier molecular flexibility index (Phi) is 24.6. The van der Waals surface area contributed by atoms with E-state index in [2.05, 4.69) is 22.9 Å². The molecule has 1 atom stereocenters. The highest BCUT2D eigenvalue weighted by molar-refractivity contribution is 5.93. The lowest BCUT2D eigenvalue weighted by atomic mass is 10.0. The summed E-state index contributed by atoms with van der Waals surface area (Å²) < 4.78 is 17.5. The first-order valence-corrected chi connectivity index (χ1v) is 17.1. The largest absolute Gasteiger partial charge is 0.447 e. The number of amides is 3. The first-order chi connectivity index (χ1) is 21.5. The van der Waals surface area contributed by atoms with Gasteiger partial charge in [0.1, 0.15) is 31.4 Å². The van der Waals surface area contributed by atoms with E-state index in [1.165, 1.54) is 97.0 Å². The van der Waals surface area contributed by atoms with Crippen LogP contribution in [0.3, 0.4) is 0 Å². The Balaban J connectivity index is 1.94. The minimum absolute atomic E-state index is 0.0283. The normalized spacial score (nSPS) is 11.5. The van der Waals surface area contributed by atoms with Crippen LogP contribution in [0, 0.1) is 0 Å². The number of alkyl carbamates (subject to hydrolysis) is 2. The summed E-state index contributed by atoms with van der Waals surface area (Å²) >= 11 is 0. The Morgan fingerprint density at radius 2 is 1.16 bits per heavy atom. The number of unbranched alkanes of at least 4 members (excludes halogenated alkanes) is 15. The first kappa shape index (κ1) is 39.1. The summed E-state index contributed by atoms with van der Waals surface area (Å²) in [5.41, 5.74) is 0.550. The van der Waals surface area contributed by atoms with Gasteiger partial charge in [-0.2, -0.15) is 0 Å². The van der Waals surface area contributed by atoms with Crippen LogP contribution in [0.4, 0.5) is 9.59 Å². The molecule has 0 aliphatic heterocycles. The van der Waals surface area contributed by atoms with Gasteiger partial charge >= 0.3 is 12.2 Å². The van der Waals surface area contributed by atoms with Gasteiger partial charge in [0, 0.05) is 32.8 Å². The van der Waals surface area contributed by atoms with Crippen molar-refractivity contribution < 1.29 is 33.2 Å². The van der Waals surface area contributed by atoms with Crippen molar-refractivity contribution in [1.82, 2.24) is 16.0 Å². The molecule has 3 amide bonds. The molecule has 44 heavy (non-hydrogen) atoms. The van der Waals surface area contributed by atoms with Gasteiger partial charge in [0.2, 0.25) is 0 Å². The second-order valence-electron chi connectivity index (χ2n) is 11.4. The Hall–Kier alpha value is -2.88. The van der Waals surface area contributed by atoms with Crippen LogP contribution in [0.1, 0.15) is 127 Å². The molecule has 1 heterocycles. The predicted octanol–water partition coefficient (Wildman–Crippen LogP) is 6.45. The highest BCUT2D eigenvalue weighted by Crippen LogP contribution is 2.13. The maximum atomic E-state index is 12.2. The average molecular weight is 622 g/mol. The molecule has 0 radical (unpaired) electrons. The molecule has 0 spiro atoms. The number of rotatable bonds is 27. The fourth-order valence-corrected chi connectivity index (χ4v) is 4.78. The van der Waals surface area contributed by atoms with Crippen LogP contribution in [-0.2, 0) is 20.8 Å². The third-order valence-electron chi connectivity index (χ3n) is 7.60. The van der Waals surface area contributed by atoms with E-state index in [1.54, 1.807) is 12.3 Å². The molecule has 10 nitrogen and oxygen atoms in total. The smallest absolute Gasteiger partial charge is 0.407 e. The molecule has 0 bridgehead atoms. The predicted molar refractivity (Wildman–Crippen MR) is 174 cm³/mol. The number of ether oxygens (including phenoxy) is 3. The zero-order valence-electron chi connectivity index (χ0n) is 27.8. The van der Waals surface area contributed by atoms with Gasteiger partial charge in [0.05, 0.1) is 0 Å². The standard InChI is InChI=1S/C34H60N4O6/c1-4-6-7-8-9-10-11-12-13-14-15-16-17-18-19-20-23-36-33(40)43-28-31(42-3)29-44-34(41)37-25-24-35-32(39)30-22-21-26-38(5-2)27-30/h21-22,26-27,31H,4-20,23-25,28-29H2,1-3H3,(H2-,35,36,37,39,40,41)/p+1. The lowest BCUT2D eigenvalue weighted by Gasteiger charge is -2.16. The molecule has 1 aromatic heterocycles. The number of pyridine rings is 1. The molecule has 252 valence electrons. The number of aromatic nitrogens is 1. The Labute approximate surface area is 266 Å². The van der Waals surface area contributed by atoms with Gasteiger partial charge in [0.25, 0.3) is 5.91 Å². The Morgan fingerprint density at radius 3 is 1.66 bits per heavy atom. The van der Waals surface area contributed by atoms with Crippen molar-refractivity contribution in [3.63, 3.8) is 0 Å². The summed E-state index contributed by atoms with van der Waals surface area (Å²) in [6, 6.07) is 3.55. The maximum Gasteiger partial charge on any atom is 0.407 e. The number of methoxy groups -OCH3 is 1. The van der Waals surface area contributed by atoms with Crippen LogP contribution in [0.25, 0.3) is 0 Å². The molecule has 0 aliphatic carbocycles. The van der Waals surface area contributed by atoms with Gasteiger partial charge in [-0.25, -0.2) is 14.2 Å². The van der Waals surface area contributed by atoms with E-state index in [-0.39, 0.29) is 32.2 Å². The van der Waals surface area contributed by atoms with Crippen molar-refractivity contribution >= 4 is 18.1 Å². The van der Waals surface area contributed by atoms with Crippen LogP contribution in [0.5, 0.6) is 0 Å². The molecule has 0 saturated heterocycles. The molecular weight excluding hydrogens is 560 g/mol. The number of carbonyl (C=O) groups is 3. The molecule has 0 aromatic carbocycles.